The highest BCUT2D eigenvalue weighted by molar-refractivity contribution is 5.97. The number of ketones is 1. The van der Waals surface area contributed by atoms with E-state index < -0.39 is 0 Å². The molecule has 0 spiro atoms. The van der Waals surface area contributed by atoms with Crippen molar-refractivity contribution in [3.8, 4) is 5.75 Å². The van der Waals surface area contributed by atoms with Crippen molar-refractivity contribution in [2.24, 2.45) is 0 Å². The van der Waals surface area contributed by atoms with Gasteiger partial charge >= 0.3 is 0 Å². The fraction of sp³-hybridized carbons (Fsp3) is 0.286. The third-order valence-electron chi connectivity index (χ3n) is 6.16. The Labute approximate surface area is 199 Å². The molecule has 0 atom stereocenters. The molecule has 0 unspecified atom stereocenters. The summed E-state index contributed by atoms with van der Waals surface area (Å²) in [5.74, 6) is -0.0165. The predicted octanol–water partition coefficient (Wildman–Crippen LogP) is 4.39. The molecular weight excluding hydrogens is 426 g/mol. The summed E-state index contributed by atoms with van der Waals surface area (Å²) in [4.78, 5) is 13.5. The molecule has 3 N–H and O–H groups in total. The second kappa shape index (κ2) is 9.31. The van der Waals surface area contributed by atoms with E-state index in [0.717, 1.165) is 16.6 Å². The number of aliphatic hydroxyl groups excluding tert-OH is 1. The first-order chi connectivity index (χ1) is 16.2. The Hall–Kier alpha value is -3.64. The molecule has 1 aromatic heterocycles. The maximum Gasteiger partial charge on any atom is 0.203 e. The summed E-state index contributed by atoms with van der Waals surface area (Å²) in [5.41, 5.74) is 4.38. The monoisotopic (exact) mass is 457 g/mol. The van der Waals surface area contributed by atoms with Crippen LogP contribution in [-0.2, 0) is 24.9 Å². The lowest BCUT2D eigenvalue weighted by Crippen LogP contribution is -2.28. The molecule has 0 bridgehead atoms. The van der Waals surface area contributed by atoms with Gasteiger partial charge in [0.1, 0.15) is 5.75 Å². The van der Waals surface area contributed by atoms with Crippen LogP contribution in [0.5, 0.6) is 5.75 Å². The lowest BCUT2D eigenvalue weighted by molar-refractivity contribution is 0.0971. The number of carbonyl (C=O) groups excluding carboxylic acids is 1. The summed E-state index contributed by atoms with van der Waals surface area (Å²) in [6.07, 6.45) is 0.267. The standard InChI is InChI=1S/C28H31N3O3/c1-28(2,3)22-16-21(15-20(13-14-32)26(22)34)25(33)18-31-24-12-8-7-11-23(24)30(27(31)29)17-19-9-5-4-6-10-19/h4-12,15-16,29,32,34H,13-14,17-18H2,1-3H3. The Morgan fingerprint density at radius 2 is 1.56 bits per heavy atom. The first-order valence-corrected chi connectivity index (χ1v) is 11.5. The number of rotatable bonds is 7. The van der Waals surface area contributed by atoms with Crippen molar-refractivity contribution >= 4 is 16.8 Å². The van der Waals surface area contributed by atoms with Gasteiger partial charge in [-0.3, -0.25) is 10.2 Å². The van der Waals surface area contributed by atoms with Crippen LogP contribution in [-0.4, -0.2) is 31.7 Å². The number of nitrogens with one attached hydrogen (secondary N) is 1. The van der Waals surface area contributed by atoms with Crippen LogP contribution in [0, 0.1) is 5.41 Å². The Balaban J connectivity index is 1.76. The van der Waals surface area contributed by atoms with E-state index in [1.54, 1.807) is 16.7 Å². The molecule has 3 aromatic carbocycles. The second-order valence-electron chi connectivity index (χ2n) is 9.65. The Kier molecular flexibility index (Phi) is 6.44. The molecule has 0 aliphatic rings. The van der Waals surface area contributed by atoms with Crippen LogP contribution >= 0.6 is 0 Å². The maximum atomic E-state index is 13.5. The smallest absolute Gasteiger partial charge is 0.203 e. The molecule has 0 fully saturated rings. The van der Waals surface area contributed by atoms with Gasteiger partial charge in [0.05, 0.1) is 24.1 Å². The van der Waals surface area contributed by atoms with Gasteiger partial charge in [-0.25, -0.2) is 0 Å². The molecule has 0 amide bonds. The van der Waals surface area contributed by atoms with E-state index in [4.69, 9.17) is 5.41 Å². The van der Waals surface area contributed by atoms with Crippen LogP contribution in [0.3, 0.4) is 0 Å². The predicted molar refractivity (Wildman–Crippen MR) is 133 cm³/mol. The number of phenols is 1. The van der Waals surface area contributed by atoms with Gasteiger partial charge in [0.25, 0.3) is 0 Å². The first-order valence-electron chi connectivity index (χ1n) is 11.5. The topological polar surface area (TPSA) is 91.2 Å². The number of Topliss-reactive ketones (excluding diaryl/α,β-unsaturated/α-hetero) is 1. The number of para-hydroxylation sites is 2. The van der Waals surface area contributed by atoms with E-state index in [0.29, 0.717) is 23.2 Å². The molecule has 6 nitrogen and oxygen atoms in total. The number of nitrogens with zero attached hydrogens (tertiary/aromatic N) is 2. The van der Waals surface area contributed by atoms with Crippen molar-refractivity contribution in [2.45, 2.75) is 45.7 Å². The van der Waals surface area contributed by atoms with Gasteiger partial charge in [0.2, 0.25) is 5.62 Å². The van der Waals surface area contributed by atoms with Crippen molar-refractivity contribution in [2.75, 3.05) is 6.61 Å². The molecule has 1 heterocycles. The molecule has 0 saturated heterocycles. The average molecular weight is 458 g/mol. The zero-order chi connectivity index (χ0) is 24.5. The fourth-order valence-electron chi connectivity index (χ4n) is 4.35. The number of phenolic OH excluding ortho intramolecular Hbond substituents is 1. The number of fused-ring (bicyclic) bond motifs is 1. The summed E-state index contributed by atoms with van der Waals surface area (Å²) in [6, 6.07) is 21.1. The zero-order valence-corrected chi connectivity index (χ0v) is 19.9. The second-order valence-corrected chi connectivity index (χ2v) is 9.65. The van der Waals surface area contributed by atoms with Crippen molar-refractivity contribution < 1.29 is 15.0 Å². The third kappa shape index (κ3) is 4.54. The summed E-state index contributed by atoms with van der Waals surface area (Å²) >= 11 is 0. The molecule has 0 aliphatic heterocycles. The fourth-order valence-corrected chi connectivity index (χ4v) is 4.35. The molecule has 0 radical (unpaired) electrons. The van der Waals surface area contributed by atoms with Gasteiger partial charge in [-0.2, -0.15) is 0 Å². The van der Waals surface area contributed by atoms with Gasteiger partial charge in [-0.1, -0.05) is 63.2 Å². The number of hydrogen-bond acceptors (Lipinski definition) is 4. The molecule has 6 heteroatoms. The molecule has 0 saturated carbocycles. The summed E-state index contributed by atoms with van der Waals surface area (Å²) < 4.78 is 3.64. The molecule has 34 heavy (non-hydrogen) atoms. The number of aromatic nitrogens is 2. The third-order valence-corrected chi connectivity index (χ3v) is 6.16. The van der Waals surface area contributed by atoms with Crippen LogP contribution in [0.4, 0.5) is 0 Å². The van der Waals surface area contributed by atoms with Crippen LogP contribution in [0.15, 0.2) is 66.7 Å². The highest BCUT2D eigenvalue weighted by Gasteiger charge is 2.23. The highest BCUT2D eigenvalue weighted by Crippen LogP contribution is 2.35. The molecule has 176 valence electrons. The lowest BCUT2D eigenvalue weighted by Gasteiger charge is -2.23. The Bertz CT molecular complexity index is 1390. The van der Waals surface area contributed by atoms with Crippen LogP contribution < -0.4 is 5.62 Å². The average Bonchev–Trinajstić information content (AvgIpc) is 3.06. The molecule has 0 aliphatic carbocycles. The van der Waals surface area contributed by atoms with Crippen molar-refractivity contribution in [1.29, 1.82) is 5.41 Å². The van der Waals surface area contributed by atoms with E-state index >= 15 is 0 Å². The van der Waals surface area contributed by atoms with Gasteiger partial charge in [0, 0.05) is 17.7 Å². The SMILES string of the molecule is CC(C)(C)c1cc(C(=O)Cn2c(=N)n(Cc3ccccc3)c3ccccc32)cc(CCO)c1O. The zero-order valence-electron chi connectivity index (χ0n) is 19.9. The number of imidazole rings is 1. The maximum absolute atomic E-state index is 13.5. The van der Waals surface area contributed by atoms with Crippen LogP contribution in [0.1, 0.15) is 47.8 Å². The van der Waals surface area contributed by atoms with Crippen LogP contribution in [0.2, 0.25) is 0 Å². The number of carbonyl (C=O) groups is 1. The number of hydrogen-bond donors (Lipinski definition) is 3. The van der Waals surface area contributed by atoms with Gasteiger partial charge in [-0.05, 0) is 47.2 Å². The largest absolute Gasteiger partial charge is 0.507 e. The van der Waals surface area contributed by atoms with Crippen molar-refractivity contribution in [3.63, 3.8) is 0 Å². The number of aromatic hydroxyl groups is 1. The lowest BCUT2D eigenvalue weighted by atomic mass is 9.83. The summed E-state index contributed by atoms with van der Waals surface area (Å²) in [7, 11) is 0. The minimum absolute atomic E-state index is 0.00800. The summed E-state index contributed by atoms with van der Waals surface area (Å²) in [5, 5.41) is 29.0. The van der Waals surface area contributed by atoms with E-state index in [9.17, 15) is 15.0 Å². The van der Waals surface area contributed by atoms with Gasteiger partial charge < -0.3 is 19.3 Å². The Morgan fingerprint density at radius 1 is 0.941 bits per heavy atom. The quantitative estimate of drug-likeness (QED) is 0.360. The van der Waals surface area contributed by atoms with Gasteiger partial charge in [0.15, 0.2) is 5.78 Å². The normalized spacial score (nSPS) is 11.8. The minimum atomic E-state index is -0.371. The van der Waals surface area contributed by atoms with Crippen molar-refractivity contribution in [1.82, 2.24) is 9.13 Å². The molecule has 4 rings (SSSR count). The van der Waals surface area contributed by atoms with E-state index in [1.807, 2.05) is 79.9 Å². The van der Waals surface area contributed by atoms with Crippen LogP contribution in [0.25, 0.3) is 11.0 Å². The minimum Gasteiger partial charge on any atom is -0.507 e. The molecule has 4 aromatic rings. The molecular formula is C28H31N3O3. The first kappa shape index (κ1) is 23.5. The van der Waals surface area contributed by atoms with E-state index in [-0.39, 0.29) is 42.1 Å². The highest BCUT2D eigenvalue weighted by atomic mass is 16.3. The van der Waals surface area contributed by atoms with Gasteiger partial charge in [-0.15, -0.1) is 0 Å². The Morgan fingerprint density at radius 3 is 2.18 bits per heavy atom. The van der Waals surface area contributed by atoms with Crippen molar-refractivity contribution in [3.05, 3.63) is 94.6 Å². The van der Waals surface area contributed by atoms with E-state index in [2.05, 4.69) is 0 Å². The van der Waals surface area contributed by atoms with E-state index in [1.165, 1.54) is 0 Å². The number of benzene rings is 3. The number of aliphatic hydroxyl groups is 1. The summed E-state index contributed by atoms with van der Waals surface area (Å²) in [6.45, 7) is 6.36.